The van der Waals surface area contributed by atoms with Crippen molar-refractivity contribution in [2.75, 3.05) is 20.8 Å². The standard InChI is InChI=1S/C31H35N3O3/c1-36-25-14-16-30(17-15-25)19-24-13-12-22(11-10-21-8-9-21)18-26(24)31(30)28(35)34(29(32)33-31)20-27(37-2)23-6-4-3-5-7-23/h3-7,12-13,18,21,25,27H,8-9,14-17,19-20H2,1-2H3,(H2,32,33)/t25?,27-,30?,31?/m0/s1. The summed E-state index contributed by atoms with van der Waals surface area (Å²) in [6.07, 6.45) is 6.66. The largest absolute Gasteiger partial charge is 0.381 e. The average molecular weight is 498 g/mol. The van der Waals surface area contributed by atoms with E-state index < -0.39 is 5.54 Å². The van der Waals surface area contributed by atoms with Gasteiger partial charge in [0.1, 0.15) is 6.10 Å². The van der Waals surface area contributed by atoms with Crippen LogP contribution >= 0.6 is 0 Å². The molecule has 2 fully saturated rings. The predicted octanol–water partition coefficient (Wildman–Crippen LogP) is 4.32. The molecule has 2 aromatic carbocycles. The molecule has 37 heavy (non-hydrogen) atoms. The van der Waals surface area contributed by atoms with Gasteiger partial charge in [-0.2, -0.15) is 0 Å². The second-order valence-electron chi connectivity index (χ2n) is 11.0. The van der Waals surface area contributed by atoms with Crippen molar-refractivity contribution < 1.29 is 14.3 Å². The number of hydrogen-bond acceptors (Lipinski definition) is 5. The molecule has 0 saturated heterocycles. The Hall–Kier alpha value is -3.14. The van der Waals surface area contributed by atoms with E-state index in [0.29, 0.717) is 12.5 Å². The van der Waals surface area contributed by atoms with Crippen LogP contribution in [0.15, 0.2) is 53.5 Å². The summed E-state index contributed by atoms with van der Waals surface area (Å²) < 4.78 is 11.5. The number of carbonyl (C=O) groups is 1. The summed E-state index contributed by atoms with van der Waals surface area (Å²) in [6, 6.07) is 16.3. The molecule has 2 spiro atoms. The van der Waals surface area contributed by atoms with E-state index >= 15 is 0 Å². The molecular weight excluding hydrogens is 462 g/mol. The van der Waals surface area contributed by atoms with Crippen LogP contribution in [0.3, 0.4) is 0 Å². The second-order valence-corrected chi connectivity index (χ2v) is 11.0. The minimum absolute atomic E-state index is 0.0371. The van der Waals surface area contributed by atoms with Gasteiger partial charge in [-0.25, -0.2) is 4.99 Å². The van der Waals surface area contributed by atoms with E-state index in [1.165, 1.54) is 18.4 Å². The van der Waals surface area contributed by atoms with Crippen LogP contribution in [-0.4, -0.2) is 43.6 Å². The van der Waals surface area contributed by atoms with Crippen LogP contribution in [0.5, 0.6) is 0 Å². The molecule has 4 aliphatic rings. The molecule has 6 heteroatoms. The van der Waals surface area contributed by atoms with Crippen molar-refractivity contribution in [3.05, 3.63) is 70.8 Å². The van der Waals surface area contributed by atoms with E-state index in [1.54, 1.807) is 19.1 Å². The highest BCUT2D eigenvalue weighted by Gasteiger charge is 2.66. The monoisotopic (exact) mass is 497 g/mol. The number of nitrogens with two attached hydrogens (primary N) is 1. The van der Waals surface area contributed by atoms with Gasteiger partial charge in [0.25, 0.3) is 5.91 Å². The Morgan fingerprint density at radius 2 is 1.86 bits per heavy atom. The fourth-order valence-electron chi connectivity index (χ4n) is 6.68. The molecular formula is C31H35N3O3. The van der Waals surface area contributed by atoms with Crippen molar-refractivity contribution in [2.24, 2.45) is 22.1 Å². The van der Waals surface area contributed by atoms with Gasteiger partial charge in [-0.05, 0) is 73.8 Å². The van der Waals surface area contributed by atoms with Crippen molar-refractivity contribution in [3.63, 3.8) is 0 Å². The molecule has 1 aliphatic heterocycles. The normalized spacial score (nSPS) is 29.2. The quantitative estimate of drug-likeness (QED) is 0.624. The zero-order valence-electron chi connectivity index (χ0n) is 21.7. The van der Waals surface area contributed by atoms with Crippen LogP contribution in [0, 0.1) is 23.2 Å². The van der Waals surface area contributed by atoms with E-state index in [4.69, 9.17) is 20.2 Å². The molecule has 2 atom stereocenters. The average Bonchev–Trinajstić information content (AvgIpc) is 3.68. The van der Waals surface area contributed by atoms with Gasteiger partial charge in [0.2, 0.25) is 0 Å². The van der Waals surface area contributed by atoms with Crippen LogP contribution in [0.2, 0.25) is 0 Å². The number of carbonyl (C=O) groups excluding carboxylic acids is 1. The van der Waals surface area contributed by atoms with E-state index in [2.05, 4.69) is 30.0 Å². The molecule has 3 aliphatic carbocycles. The Bertz CT molecular complexity index is 1280. The topological polar surface area (TPSA) is 77.2 Å². The van der Waals surface area contributed by atoms with Gasteiger partial charge in [-0.3, -0.25) is 9.69 Å². The van der Waals surface area contributed by atoms with Crippen LogP contribution in [0.4, 0.5) is 0 Å². The summed E-state index contributed by atoms with van der Waals surface area (Å²) in [5, 5.41) is 0. The summed E-state index contributed by atoms with van der Waals surface area (Å²) in [7, 11) is 3.45. The fraction of sp³-hybridized carbons (Fsp3) is 0.484. The highest BCUT2D eigenvalue weighted by Crippen LogP contribution is 2.62. The molecule has 2 aromatic rings. The highest BCUT2D eigenvalue weighted by atomic mass is 16.5. The molecule has 0 aromatic heterocycles. The zero-order chi connectivity index (χ0) is 25.6. The Kier molecular flexibility index (Phi) is 6.09. The number of fused-ring (bicyclic) bond motifs is 3. The van der Waals surface area contributed by atoms with Gasteiger partial charge in [0.15, 0.2) is 11.5 Å². The third-order valence-electron chi connectivity index (χ3n) is 8.93. The van der Waals surface area contributed by atoms with Crippen molar-refractivity contribution in [1.29, 1.82) is 0 Å². The first-order valence-corrected chi connectivity index (χ1v) is 13.4. The molecule has 1 amide bonds. The van der Waals surface area contributed by atoms with E-state index in [-0.39, 0.29) is 29.5 Å². The Morgan fingerprint density at radius 1 is 1.11 bits per heavy atom. The van der Waals surface area contributed by atoms with Gasteiger partial charge in [0, 0.05) is 31.1 Å². The Balaban J connectivity index is 1.41. The van der Waals surface area contributed by atoms with E-state index in [1.807, 2.05) is 30.3 Å². The summed E-state index contributed by atoms with van der Waals surface area (Å²) in [6.45, 7) is 0.323. The molecule has 1 unspecified atom stereocenters. The van der Waals surface area contributed by atoms with Crippen LogP contribution in [0.1, 0.15) is 66.9 Å². The Labute approximate surface area is 219 Å². The highest BCUT2D eigenvalue weighted by molar-refractivity contribution is 6.08. The maximum absolute atomic E-state index is 14.6. The minimum atomic E-state index is -1.03. The van der Waals surface area contributed by atoms with Gasteiger partial charge in [-0.1, -0.05) is 48.2 Å². The van der Waals surface area contributed by atoms with Crippen molar-refractivity contribution in [1.82, 2.24) is 4.90 Å². The zero-order valence-corrected chi connectivity index (χ0v) is 21.7. The van der Waals surface area contributed by atoms with Crippen molar-refractivity contribution in [2.45, 2.75) is 62.7 Å². The number of rotatable bonds is 5. The smallest absolute Gasteiger partial charge is 0.262 e. The number of aliphatic imine (C=N–C) groups is 1. The number of amides is 1. The second kappa shape index (κ2) is 9.31. The Morgan fingerprint density at radius 3 is 2.54 bits per heavy atom. The molecule has 6 nitrogen and oxygen atoms in total. The molecule has 1 heterocycles. The number of methoxy groups -OCH3 is 2. The number of ether oxygens (including phenoxy) is 2. The lowest BCUT2D eigenvalue weighted by Crippen LogP contribution is -2.52. The lowest BCUT2D eigenvalue weighted by Gasteiger charge is -2.45. The molecule has 0 radical (unpaired) electrons. The molecule has 2 N–H and O–H groups in total. The van der Waals surface area contributed by atoms with Crippen LogP contribution < -0.4 is 5.73 Å². The van der Waals surface area contributed by atoms with Gasteiger partial charge in [0.05, 0.1) is 12.6 Å². The third kappa shape index (κ3) is 3.96. The fourth-order valence-corrected chi connectivity index (χ4v) is 6.68. The lowest BCUT2D eigenvalue weighted by atomic mass is 9.61. The summed E-state index contributed by atoms with van der Waals surface area (Å²) in [5.41, 5.74) is 9.37. The van der Waals surface area contributed by atoms with Crippen LogP contribution in [-0.2, 0) is 26.2 Å². The molecule has 6 rings (SSSR count). The molecule has 192 valence electrons. The summed E-state index contributed by atoms with van der Waals surface area (Å²) in [4.78, 5) is 21.4. The third-order valence-corrected chi connectivity index (χ3v) is 8.93. The summed E-state index contributed by atoms with van der Waals surface area (Å²) in [5.74, 6) is 7.48. The molecule has 0 bridgehead atoms. The van der Waals surface area contributed by atoms with Crippen molar-refractivity contribution in [3.8, 4) is 11.8 Å². The maximum Gasteiger partial charge on any atom is 0.262 e. The predicted molar refractivity (Wildman–Crippen MR) is 143 cm³/mol. The maximum atomic E-state index is 14.6. The van der Waals surface area contributed by atoms with Gasteiger partial charge < -0.3 is 15.2 Å². The SMILES string of the molecule is COC1CCC2(CC1)Cc1ccc(C#CC3CC3)cc1C21N=C(N)N(C[C@H](OC)c2ccccc2)C1=O. The van der Waals surface area contributed by atoms with Gasteiger partial charge >= 0.3 is 0 Å². The first-order valence-electron chi connectivity index (χ1n) is 13.4. The van der Waals surface area contributed by atoms with E-state index in [0.717, 1.165) is 48.8 Å². The number of benzene rings is 2. The minimum Gasteiger partial charge on any atom is -0.381 e. The number of guanidine groups is 1. The number of nitrogens with zero attached hydrogens (tertiary/aromatic N) is 2. The molecule has 2 saturated carbocycles. The van der Waals surface area contributed by atoms with E-state index in [9.17, 15) is 4.79 Å². The van der Waals surface area contributed by atoms with Crippen molar-refractivity contribution >= 4 is 11.9 Å². The first kappa shape index (κ1) is 24.2. The van der Waals surface area contributed by atoms with Crippen LogP contribution in [0.25, 0.3) is 0 Å². The number of hydrogen-bond donors (Lipinski definition) is 1. The summed E-state index contributed by atoms with van der Waals surface area (Å²) >= 11 is 0. The lowest BCUT2D eigenvalue weighted by molar-refractivity contribution is -0.139. The first-order chi connectivity index (χ1) is 18.0. The van der Waals surface area contributed by atoms with Gasteiger partial charge in [-0.15, -0.1) is 0 Å².